The maximum absolute atomic E-state index is 8.70. The molecule has 0 unspecified atom stereocenters. The molecule has 0 aromatic heterocycles. The van der Waals surface area contributed by atoms with Crippen LogP contribution in [0, 0.1) is 18.3 Å². The van der Waals surface area contributed by atoms with Crippen molar-refractivity contribution in [1.82, 2.24) is 0 Å². The minimum atomic E-state index is 0.309. The Morgan fingerprint density at radius 1 is 1.58 bits per heavy atom. The van der Waals surface area contributed by atoms with Gasteiger partial charge in [0.05, 0.1) is 11.6 Å². The summed E-state index contributed by atoms with van der Waals surface area (Å²) in [5.74, 6) is 0. The van der Waals surface area contributed by atoms with Crippen molar-refractivity contribution in [1.29, 1.82) is 5.26 Å². The molecule has 12 heavy (non-hydrogen) atoms. The van der Waals surface area contributed by atoms with Gasteiger partial charge < -0.3 is 5.73 Å². The average molecular weight is 181 g/mol. The number of hydrogen-bond donors (Lipinski definition) is 1. The van der Waals surface area contributed by atoms with Crippen LogP contribution in [-0.2, 0) is 6.54 Å². The van der Waals surface area contributed by atoms with Gasteiger partial charge in [-0.15, -0.1) is 0 Å². The largest absolute Gasteiger partial charge is 0.326 e. The summed E-state index contributed by atoms with van der Waals surface area (Å²) in [6, 6.07) is 5.61. The van der Waals surface area contributed by atoms with Gasteiger partial charge in [0.25, 0.3) is 0 Å². The molecule has 0 aliphatic carbocycles. The Morgan fingerprint density at radius 3 is 2.75 bits per heavy atom. The summed E-state index contributed by atoms with van der Waals surface area (Å²) in [4.78, 5) is 0. The van der Waals surface area contributed by atoms with Crippen LogP contribution >= 0.6 is 11.6 Å². The van der Waals surface area contributed by atoms with Crippen molar-refractivity contribution in [2.24, 2.45) is 5.73 Å². The van der Waals surface area contributed by atoms with Gasteiger partial charge in [-0.1, -0.05) is 17.7 Å². The number of nitrogens with two attached hydrogens (primary N) is 1. The molecule has 0 aliphatic rings. The Labute approximate surface area is 76.6 Å². The number of halogens is 1. The van der Waals surface area contributed by atoms with Crippen LogP contribution in [0.3, 0.4) is 0 Å². The fourth-order valence-corrected chi connectivity index (χ4v) is 1.28. The summed E-state index contributed by atoms with van der Waals surface area (Å²) in [7, 11) is 0. The summed E-state index contributed by atoms with van der Waals surface area (Å²) in [5, 5.41) is 9.31. The lowest BCUT2D eigenvalue weighted by Crippen LogP contribution is -2.01. The highest BCUT2D eigenvalue weighted by Crippen LogP contribution is 2.23. The van der Waals surface area contributed by atoms with Crippen LogP contribution in [0.1, 0.15) is 16.7 Å². The fraction of sp³-hybridized carbons (Fsp3) is 0.222. The molecule has 0 saturated heterocycles. The highest BCUT2D eigenvalue weighted by atomic mass is 35.5. The third-order valence-electron chi connectivity index (χ3n) is 1.76. The molecule has 1 aromatic carbocycles. The van der Waals surface area contributed by atoms with E-state index in [-0.39, 0.29) is 0 Å². The lowest BCUT2D eigenvalue weighted by molar-refractivity contribution is 1.06. The topological polar surface area (TPSA) is 49.8 Å². The zero-order valence-electron chi connectivity index (χ0n) is 6.76. The third-order valence-corrected chi connectivity index (χ3v) is 2.29. The normalized spacial score (nSPS) is 9.50. The molecule has 0 bridgehead atoms. The quantitative estimate of drug-likeness (QED) is 0.719. The molecule has 0 radical (unpaired) electrons. The van der Waals surface area contributed by atoms with Gasteiger partial charge in [-0.3, -0.25) is 0 Å². The second-order valence-corrected chi connectivity index (χ2v) is 2.92. The maximum Gasteiger partial charge on any atom is 0.0995 e. The van der Waals surface area contributed by atoms with Crippen LogP contribution in [0.4, 0.5) is 0 Å². The Balaban J connectivity index is 3.38. The van der Waals surface area contributed by atoms with Crippen LogP contribution in [0.25, 0.3) is 0 Å². The molecule has 2 N–H and O–H groups in total. The molecule has 0 saturated carbocycles. The van der Waals surface area contributed by atoms with Crippen LogP contribution in [-0.4, -0.2) is 0 Å². The molecule has 0 amide bonds. The summed E-state index contributed by atoms with van der Waals surface area (Å²) in [6.45, 7) is 2.20. The van der Waals surface area contributed by atoms with E-state index in [2.05, 4.69) is 6.07 Å². The first-order valence-electron chi connectivity index (χ1n) is 3.59. The van der Waals surface area contributed by atoms with Gasteiger partial charge >= 0.3 is 0 Å². The van der Waals surface area contributed by atoms with E-state index < -0.39 is 0 Å². The number of aryl methyl sites for hydroxylation is 1. The molecular weight excluding hydrogens is 172 g/mol. The molecule has 0 spiro atoms. The van der Waals surface area contributed by atoms with Crippen molar-refractivity contribution in [2.45, 2.75) is 13.5 Å². The lowest BCUT2D eigenvalue weighted by atomic mass is 10.1. The maximum atomic E-state index is 8.70. The SMILES string of the molecule is Cc1ccc(C#N)c(CN)c1Cl. The monoisotopic (exact) mass is 180 g/mol. The van der Waals surface area contributed by atoms with E-state index in [9.17, 15) is 0 Å². The first-order valence-corrected chi connectivity index (χ1v) is 3.96. The Bertz CT molecular complexity index is 339. The third kappa shape index (κ3) is 1.42. The molecule has 0 fully saturated rings. The lowest BCUT2D eigenvalue weighted by Gasteiger charge is -2.05. The second-order valence-electron chi connectivity index (χ2n) is 2.54. The number of rotatable bonds is 1. The molecule has 62 valence electrons. The molecule has 1 rings (SSSR count). The van der Waals surface area contributed by atoms with Gasteiger partial charge in [0.2, 0.25) is 0 Å². The second kappa shape index (κ2) is 3.57. The van der Waals surface area contributed by atoms with Gasteiger partial charge in [-0.05, 0) is 18.6 Å². The highest BCUT2D eigenvalue weighted by molar-refractivity contribution is 6.32. The van der Waals surface area contributed by atoms with E-state index in [1.54, 1.807) is 6.07 Å². The van der Waals surface area contributed by atoms with Gasteiger partial charge in [0, 0.05) is 17.1 Å². The highest BCUT2D eigenvalue weighted by Gasteiger charge is 2.06. The van der Waals surface area contributed by atoms with Crippen molar-refractivity contribution < 1.29 is 0 Å². The summed E-state index contributed by atoms with van der Waals surface area (Å²) >= 11 is 5.95. The Morgan fingerprint density at radius 2 is 2.25 bits per heavy atom. The van der Waals surface area contributed by atoms with Crippen molar-refractivity contribution in [3.63, 3.8) is 0 Å². The van der Waals surface area contributed by atoms with Gasteiger partial charge in [-0.2, -0.15) is 5.26 Å². The number of nitriles is 1. The minimum absolute atomic E-state index is 0.309. The number of nitrogens with zero attached hydrogens (tertiary/aromatic N) is 1. The van der Waals surface area contributed by atoms with Gasteiger partial charge in [0.15, 0.2) is 0 Å². The standard InChI is InChI=1S/C9H9ClN2/c1-6-2-3-7(4-11)8(5-12)9(6)10/h2-3H,5,12H2,1H3. The molecule has 0 heterocycles. The van der Waals surface area contributed by atoms with E-state index in [4.69, 9.17) is 22.6 Å². The Hall–Kier alpha value is -1.04. The summed E-state index contributed by atoms with van der Waals surface area (Å²) < 4.78 is 0. The van der Waals surface area contributed by atoms with Crippen molar-refractivity contribution >= 4 is 11.6 Å². The van der Waals surface area contributed by atoms with E-state index in [0.29, 0.717) is 17.1 Å². The van der Waals surface area contributed by atoms with Crippen molar-refractivity contribution in [2.75, 3.05) is 0 Å². The van der Waals surface area contributed by atoms with E-state index >= 15 is 0 Å². The zero-order valence-corrected chi connectivity index (χ0v) is 7.52. The van der Waals surface area contributed by atoms with Gasteiger partial charge in [-0.25, -0.2) is 0 Å². The predicted molar refractivity (Wildman–Crippen MR) is 48.8 cm³/mol. The number of hydrogen-bond acceptors (Lipinski definition) is 2. The molecule has 0 aliphatic heterocycles. The average Bonchev–Trinajstić information content (AvgIpc) is 2.09. The molecule has 3 heteroatoms. The van der Waals surface area contributed by atoms with Crippen LogP contribution in [0.15, 0.2) is 12.1 Å². The molecule has 0 atom stereocenters. The summed E-state index contributed by atoms with van der Waals surface area (Å²) in [5.41, 5.74) is 7.71. The smallest absolute Gasteiger partial charge is 0.0995 e. The minimum Gasteiger partial charge on any atom is -0.326 e. The first-order chi connectivity index (χ1) is 5.70. The fourth-order valence-electron chi connectivity index (χ4n) is 1.04. The summed E-state index contributed by atoms with van der Waals surface area (Å²) in [6.07, 6.45) is 0. The molecular formula is C9H9ClN2. The Kier molecular flexibility index (Phi) is 2.69. The van der Waals surface area contributed by atoms with E-state index in [1.807, 2.05) is 13.0 Å². The van der Waals surface area contributed by atoms with Gasteiger partial charge in [0.1, 0.15) is 0 Å². The predicted octanol–water partition coefficient (Wildman–Crippen LogP) is 1.98. The molecule has 2 nitrogen and oxygen atoms in total. The van der Waals surface area contributed by atoms with Crippen LogP contribution in [0.2, 0.25) is 5.02 Å². The van der Waals surface area contributed by atoms with Crippen molar-refractivity contribution in [3.8, 4) is 6.07 Å². The molecule has 1 aromatic rings. The number of benzene rings is 1. The van der Waals surface area contributed by atoms with E-state index in [1.165, 1.54) is 0 Å². The first kappa shape index (κ1) is 9.05. The van der Waals surface area contributed by atoms with Crippen molar-refractivity contribution in [3.05, 3.63) is 33.8 Å². The van der Waals surface area contributed by atoms with Crippen LogP contribution < -0.4 is 5.73 Å². The van der Waals surface area contributed by atoms with E-state index in [0.717, 1.165) is 11.1 Å². The zero-order chi connectivity index (χ0) is 9.14. The van der Waals surface area contributed by atoms with Crippen LogP contribution in [0.5, 0.6) is 0 Å².